The Morgan fingerprint density at radius 3 is 1.50 bits per heavy atom. The lowest BCUT2D eigenvalue weighted by Crippen LogP contribution is -2.02. The average Bonchev–Trinajstić information content (AvgIpc) is 2.70. The van der Waals surface area contributed by atoms with Gasteiger partial charge in [-0.2, -0.15) is 0 Å². The van der Waals surface area contributed by atoms with Crippen LogP contribution in [0.4, 0.5) is 11.4 Å². The van der Waals surface area contributed by atoms with Crippen LogP contribution in [0.5, 0.6) is 0 Å². The summed E-state index contributed by atoms with van der Waals surface area (Å²) in [7, 11) is 0. The van der Waals surface area contributed by atoms with Crippen molar-refractivity contribution in [3.05, 3.63) is 59.7 Å². The molecule has 0 aliphatic heterocycles. The first kappa shape index (κ1) is 21.8. The van der Waals surface area contributed by atoms with Crippen LogP contribution < -0.4 is 10.6 Å². The molecule has 0 bridgehead atoms. The number of carboxylic acids is 1. The highest BCUT2D eigenvalue weighted by Crippen LogP contribution is 2.12. The molecule has 2 aromatic rings. The molecule has 0 amide bonds. The topological polar surface area (TPSA) is 61.4 Å². The largest absolute Gasteiger partial charge is 0.478 e. The summed E-state index contributed by atoms with van der Waals surface area (Å²) in [5.41, 5.74) is 3.84. The molecule has 0 atom stereocenters. The SMILES string of the molecule is Cc1ccc(NCCCCCCCCCCNc2ccc(C(=O)O)cc2)cc1. The molecule has 0 radical (unpaired) electrons. The molecule has 2 rings (SSSR count). The molecule has 28 heavy (non-hydrogen) atoms. The van der Waals surface area contributed by atoms with Crippen molar-refractivity contribution in [3.63, 3.8) is 0 Å². The van der Waals surface area contributed by atoms with Gasteiger partial charge in [0, 0.05) is 24.5 Å². The number of hydrogen-bond acceptors (Lipinski definition) is 3. The Balaban J connectivity index is 1.37. The Bertz CT molecular complexity index is 681. The van der Waals surface area contributed by atoms with Crippen LogP contribution in [0.15, 0.2) is 48.5 Å². The van der Waals surface area contributed by atoms with Gasteiger partial charge in [0.1, 0.15) is 0 Å². The summed E-state index contributed by atoms with van der Waals surface area (Å²) in [6.07, 6.45) is 10.2. The third-order valence-electron chi connectivity index (χ3n) is 4.95. The van der Waals surface area contributed by atoms with Crippen molar-refractivity contribution in [2.24, 2.45) is 0 Å². The van der Waals surface area contributed by atoms with Crippen molar-refractivity contribution in [1.29, 1.82) is 0 Å². The standard InChI is InChI=1S/C24H34N2O2/c1-20-10-14-22(15-11-20)25-18-8-6-4-2-3-5-7-9-19-26-23-16-12-21(13-17-23)24(27)28/h10-17,25-26H,2-9,18-19H2,1H3,(H,27,28). The number of carbonyl (C=O) groups is 1. The Morgan fingerprint density at radius 1 is 0.679 bits per heavy atom. The summed E-state index contributed by atoms with van der Waals surface area (Å²) in [4.78, 5) is 10.8. The van der Waals surface area contributed by atoms with E-state index >= 15 is 0 Å². The van der Waals surface area contributed by atoms with Crippen molar-refractivity contribution in [2.45, 2.75) is 58.3 Å². The second-order valence-corrected chi connectivity index (χ2v) is 7.43. The lowest BCUT2D eigenvalue weighted by Gasteiger charge is -2.07. The van der Waals surface area contributed by atoms with Crippen LogP contribution >= 0.6 is 0 Å². The first-order valence-corrected chi connectivity index (χ1v) is 10.5. The van der Waals surface area contributed by atoms with E-state index in [0.29, 0.717) is 5.56 Å². The Hall–Kier alpha value is -2.49. The van der Waals surface area contributed by atoms with Gasteiger partial charge >= 0.3 is 5.97 Å². The third-order valence-corrected chi connectivity index (χ3v) is 4.95. The molecular weight excluding hydrogens is 348 g/mol. The maximum atomic E-state index is 10.8. The lowest BCUT2D eigenvalue weighted by atomic mass is 10.1. The molecule has 0 heterocycles. The quantitative estimate of drug-likeness (QED) is 0.334. The van der Waals surface area contributed by atoms with Gasteiger partial charge in [-0.15, -0.1) is 0 Å². The van der Waals surface area contributed by atoms with Crippen LogP contribution in [-0.4, -0.2) is 24.2 Å². The van der Waals surface area contributed by atoms with Crippen LogP contribution in [0.1, 0.15) is 67.3 Å². The predicted octanol–water partition coefficient (Wildman–Crippen LogP) is 6.34. The van der Waals surface area contributed by atoms with Crippen LogP contribution in [0.2, 0.25) is 0 Å². The molecule has 0 unspecified atom stereocenters. The summed E-state index contributed by atoms with van der Waals surface area (Å²) in [6, 6.07) is 15.5. The van der Waals surface area contributed by atoms with Gasteiger partial charge in [-0.3, -0.25) is 0 Å². The number of aryl methyl sites for hydroxylation is 1. The van der Waals surface area contributed by atoms with E-state index in [1.165, 1.54) is 56.2 Å². The number of aromatic carboxylic acids is 1. The average molecular weight is 383 g/mol. The van der Waals surface area contributed by atoms with Crippen molar-refractivity contribution in [3.8, 4) is 0 Å². The van der Waals surface area contributed by atoms with Gasteiger partial charge in [0.2, 0.25) is 0 Å². The Labute approximate surface area is 169 Å². The lowest BCUT2D eigenvalue weighted by molar-refractivity contribution is 0.0697. The smallest absolute Gasteiger partial charge is 0.335 e. The van der Waals surface area contributed by atoms with Crippen molar-refractivity contribution in [1.82, 2.24) is 0 Å². The molecule has 0 aromatic heterocycles. The van der Waals surface area contributed by atoms with E-state index < -0.39 is 5.97 Å². The van der Waals surface area contributed by atoms with Gasteiger partial charge < -0.3 is 15.7 Å². The summed E-state index contributed by atoms with van der Waals surface area (Å²) in [5, 5.41) is 15.7. The van der Waals surface area contributed by atoms with Crippen molar-refractivity contribution >= 4 is 17.3 Å². The fourth-order valence-electron chi connectivity index (χ4n) is 3.18. The molecule has 0 saturated heterocycles. The molecule has 0 fully saturated rings. The zero-order valence-corrected chi connectivity index (χ0v) is 17.0. The second-order valence-electron chi connectivity index (χ2n) is 7.43. The minimum absolute atomic E-state index is 0.330. The molecule has 0 aliphatic rings. The van der Waals surface area contributed by atoms with Gasteiger partial charge in [-0.05, 0) is 56.2 Å². The molecule has 3 N–H and O–H groups in total. The van der Waals surface area contributed by atoms with Gasteiger partial charge in [-0.1, -0.05) is 56.2 Å². The highest BCUT2D eigenvalue weighted by atomic mass is 16.4. The third kappa shape index (κ3) is 8.94. The molecule has 2 aromatic carbocycles. The number of benzene rings is 2. The van der Waals surface area contributed by atoms with Crippen LogP contribution in [0.25, 0.3) is 0 Å². The van der Waals surface area contributed by atoms with E-state index in [2.05, 4.69) is 41.8 Å². The zero-order valence-electron chi connectivity index (χ0n) is 17.0. The minimum atomic E-state index is -0.880. The minimum Gasteiger partial charge on any atom is -0.478 e. The summed E-state index contributed by atoms with van der Waals surface area (Å²) >= 11 is 0. The molecule has 0 aliphatic carbocycles. The second kappa shape index (κ2) is 12.8. The Kier molecular flexibility index (Phi) is 9.98. The van der Waals surface area contributed by atoms with Crippen LogP contribution in [-0.2, 0) is 0 Å². The van der Waals surface area contributed by atoms with E-state index in [4.69, 9.17) is 5.11 Å². The molecule has 4 nitrogen and oxygen atoms in total. The number of unbranched alkanes of at least 4 members (excludes halogenated alkanes) is 7. The van der Waals surface area contributed by atoms with E-state index in [-0.39, 0.29) is 0 Å². The van der Waals surface area contributed by atoms with Gasteiger partial charge in [0.15, 0.2) is 0 Å². The molecule has 0 saturated carbocycles. The number of carboxylic acid groups (broad SMARTS) is 1. The van der Waals surface area contributed by atoms with Crippen LogP contribution in [0, 0.1) is 6.92 Å². The molecule has 0 spiro atoms. The van der Waals surface area contributed by atoms with Gasteiger partial charge in [0.25, 0.3) is 0 Å². The summed E-state index contributed by atoms with van der Waals surface area (Å²) < 4.78 is 0. The van der Waals surface area contributed by atoms with Crippen molar-refractivity contribution in [2.75, 3.05) is 23.7 Å². The molecule has 152 valence electrons. The fraction of sp³-hybridized carbons (Fsp3) is 0.458. The molecule has 4 heteroatoms. The molecular formula is C24H34N2O2. The fourth-order valence-corrected chi connectivity index (χ4v) is 3.18. The van der Waals surface area contributed by atoms with E-state index in [1.54, 1.807) is 12.1 Å². The number of anilines is 2. The van der Waals surface area contributed by atoms with E-state index in [1.807, 2.05) is 12.1 Å². The number of rotatable bonds is 14. The van der Waals surface area contributed by atoms with Crippen LogP contribution in [0.3, 0.4) is 0 Å². The maximum Gasteiger partial charge on any atom is 0.335 e. The summed E-state index contributed by atoms with van der Waals surface area (Å²) in [5.74, 6) is -0.880. The first-order valence-electron chi connectivity index (χ1n) is 10.5. The van der Waals surface area contributed by atoms with E-state index in [9.17, 15) is 4.79 Å². The van der Waals surface area contributed by atoms with Gasteiger partial charge in [-0.25, -0.2) is 4.79 Å². The highest BCUT2D eigenvalue weighted by Gasteiger charge is 2.01. The highest BCUT2D eigenvalue weighted by molar-refractivity contribution is 5.87. The predicted molar refractivity (Wildman–Crippen MR) is 118 cm³/mol. The normalized spacial score (nSPS) is 10.6. The van der Waals surface area contributed by atoms with Gasteiger partial charge in [0.05, 0.1) is 5.56 Å². The monoisotopic (exact) mass is 382 g/mol. The van der Waals surface area contributed by atoms with Crippen molar-refractivity contribution < 1.29 is 9.90 Å². The zero-order chi connectivity index (χ0) is 20.0. The maximum absolute atomic E-state index is 10.8. The Morgan fingerprint density at radius 2 is 1.07 bits per heavy atom. The number of hydrogen-bond donors (Lipinski definition) is 3. The van der Waals surface area contributed by atoms with E-state index in [0.717, 1.165) is 25.2 Å². The number of nitrogens with one attached hydrogen (secondary N) is 2. The first-order chi connectivity index (χ1) is 13.6. The summed E-state index contributed by atoms with van der Waals surface area (Å²) in [6.45, 7) is 4.11.